The molecular formula is C24H31NO2. The molecule has 2 aromatic carbocycles. The molecule has 1 aliphatic carbocycles. The van der Waals surface area contributed by atoms with E-state index in [4.69, 9.17) is 4.74 Å². The molecule has 0 spiro atoms. The van der Waals surface area contributed by atoms with Crippen molar-refractivity contribution in [3.05, 3.63) is 64.7 Å². The van der Waals surface area contributed by atoms with Crippen LogP contribution in [0, 0.1) is 6.92 Å². The van der Waals surface area contributed by atoms with Crippen LogP contribution in [0.2, 0.25) is 0 Å². The Labute approximate surface area is 163 Å². The maximum atomic E-state index is 12.9. The number of fused-ring (bicyclic) bond motifs is 1. The van der Waals surface area contributed by atoms with Crippen molar-refractivity contribution in [3.8, 4) is 5.75 Å². The van der Waals surface area contributed by atoms with E-state index in [1.54, 1.807) is 0 Å². The highest BCUT2D eigenvalue weighted by atomic mass is 16.5. The number of rotatable bonds is 7. The summed E-state index contributed by atoms with van der Waals surface area (Å²) in [5, 5.41) is 3.19. The lowest BCUT2D eigenvalue weighted by atomic mass is 9.92. The van der Waals surface area contributed by atoms with Gasteiger partial charge in [-0.25, -0.2) is 0 Å². The molecule has 0 heterocycles. The number of benzene rings is 2. The molecule has 0 saturated carbocycles. The first kappa shape index (κ1) is 19.5. The van der Waals surface area contributed by atoms with Crippen molar-refractivity contribution in [1.29, 1.82) is 0 Å². The predicted molar refractivity (Wildman–Crippen MR) is 110 cm³/mol. The quantitative estimate of drug-likeness (QED) is 0.723. The Morgan fingerprint density at radius 1 is 1.04 bits per heavy atom. The topological polar surface area (TPSA) is 38.3 Å². The third-order valence-electron chi connectivity index (χ3n) is 5.55. The van der Waals surface area contributed by atoms with Crippen LogP contribution in [-0.4, -0.2) is 12.0 Å². The lowest BCUT2D eigenvalue weighted by Crippen LogP contribution is -2.40. The first-order valence-corrected chi connectivity index (χ1v) is 10.3. The largest absolute Gasteiger partial charge is 0.481 e. The Hall–Kier alpha value is -2.29. The van der Waals surface area contributed by atoms with Crippen LogP contribution in [0.5, 0.6) is 5.75 Å². The summed E-state index contributed by atoms with van der Waals surface area (Å²) >= 11 is 0. The SMILES string of the molecule is CC[C@H](NC(=O)[C@@H](CC)Oc1ccc2c(c1)CCCC2)c1ccccc1C. The number of hydrogen-bond acceptors (Lipinski definition) is 2. The van der Waals surface area contributed by atoms with Crippen molar-refractivity contribution in [1.82, 2.24) is 5.32 Å². The summed E-state index contributed by atoms with van der Waals surface area (Å²) in [7, 11) is 0. The van der Waals surface area contributed by atoms with Crippen molar-refractivity contribution >= 4 is 5.91 Å². The van der Waals surface area contributed by atoms with Crippen LogP contribution in [0.4, 0.5) is 0 Å². The van der Waals surface area contributed by atoms with Crippen LogP contribution < -0.4 is 10.1 Å². The molecule has 1 N–H and O–H groups in total. The lowest BCUT2D eigenvalue weighted by Gasteiger charge is -2.24. The number of nitrogens with one attached hydrogen (secondary N) is 1. The van der Waals surface area contributed by atoms with Gasteiger partial charge in [-0.2, -0.15) is 0 Å². The molecule has 0 aromatic heterocycles. The number of carbonyl (C=O) groups excluding carboxylic acids is 1. The van der Waals surface area contributed by atoms with Gasteiger partial charge in [0.1, 0.15) is 5.75 Å². The van der Waals surface area contributed by atoms with E-state index in [9.17, 15) is 4.79 Å². The number of aryl methyl sites for hydroxylation is 3. The van der Waals surface area contributed by atoms with Gasteiger partial charge in [0.25, 0.3) is 5.91 Å². The normalized spacial score (nSPS) is 15.5. The van der Waals surface area contributed by atoms with Crippen molar-refractivity contribution in [3.63, 3.8) is 0 Å². The van der Waals surface area contributed by atoms with E-state index in [1.165, 1.54) is 35.1 Å². The van der Waals surface area contributed by atoms with Gasteiger partial charge in [-0.1, -0.05) is 44.2 Å². The zero-order chi connectivity index (χ0) is 19.2. The Morgan fingerprint density at radius 2 is 1.78 bits per heavy atom. The van der Waals surface area contributed by atoms with Crippen LogP contribution in [0.25, 0.3) is 0 Å². The Kier molecular flexibility index (Phi) is 6.54. The van der Waals surface area contributed by atoms with Crippen LogP contribution in [0.1, 0.15) is 67.8 Å². The molecule has 3 nitrogen and oxygen atoms in total. The smallest absolute Gasteiger partial charge is 0.261 e. The average Bonchev–Trinajstić information content (AvgIpc) is 2.70. The molecule has 2 atom stereocenters. The monoisotopic (exact) mass is 365 g/mol. The first-order chi connectivity index (χ1) is 13.1. The van der Waals surface area contributed by atoms with E-state index in [-0.39, 0.29) is 11.9 Å². The molecule has 0 radical (unpaired) electrons. The van der Waals surface area contributed by atoms with E-state index >= 15 is 0 Å². The summed E-state index contributed by atoms with van der Waals surface area (Å²) in [6, 6.07) is 14.6. The van der Waals surface area contributed by atoms with Gasteiger partial charge in [0, 0.05) is 0 Å². The molecule has 0 saturated heterocycles. The summed E-state index contributed by atoms with van der Waals surface area (Å²) in [5.74, 6) is 0.770. The van der Waals surface area contributed by atoms with Gasteiger partial charge in [-0.05, 0) is 79.8 Å². The lowest BCUT2D eigenvalue weighted by molar-refractivity contribution is -0.128. The van der Waals surface area contributed by atoms with Gasteiger partial charge in [-0.15, -0.1) is 0 Å². The van der Waals surface area contributed by atoms with E-state index < -0.39 is 6.10 Å². The fraction of sp³-hybridized carbons (Fsp3) is 0.458. The molecule has 0 aliphatic heterocycles. The molecule has 1 aliphatic rings. The van der Waals surface area contributed by atoms with Crippen molar-refractivity contribution in [2.45, 2.75) is 71.4 Å². The van der Waals surface area contributed by atoms with Gasteiger partial charge in [0.05, 0.1) is 6.04 Å². The third kappa shape index (κ3) is 4.71. The number of amides is 1. The van der Waals surface area contributed by atoms with Gasteiger partial charge in [0.2, 0.25) is 0 Å². The van der Waals surface area contributed by atoms with E-state index in [0.717, 1.165) is 25.0 Å². The molecule has 2 aromatic rings. The van der Waals surface area contributed by atoms with Gasteiger partial charge in [0.15, 0.2) is 6.10 Å². The maximum absolute atomic E-state index is 12.9. The van der Waals surface area contributed by atoms with E-state index in [2.05, 4.69) is 43.4 Å². The molecule has 1 amide bonds. The molecule has 144 valence electrons. The molecular weight excluding hydrogens is 334 g/mol. The molecule has 0 bridgehead atoms. The molecule has 0 fully saturated rings. The average molecular weight is 366 g/mol. The van der Waals surface area contributed by atoms with Crippen LogP contribution in [0.15, 0.2) is 42.5 Å². The summed E-state index contributed by atoms with van der Waals surface area (Å²) < 4.78 is 6.09. The van der Waals surface area contributed by atoms with Crippen LogP contribution >= 0.6 is 0 Å². The zero-order valence-electron chi connectivity index (χ0n) is 16.8. The van der Waals surface area contributed by atoms with Crippen molar-refractivity contribution in [2.75, 3.05) is 0 Å². The molecule has 3 rings (SSSR count). The first-order valence-electron chi connectivity index (χ1n) is 10.3. The van der Waals surface area contributed by atoms with Crippen LogP contribution in [0.3, 0.4) is 0 Å². The Morgan fingerprint density at radius 3 is 2.48 bits per heavy atom. The summed E-state index contributed by atoms with van der Waals surface area (Å²) in [4.78, 5) is 12.9. The zero-order valence-corrected chi connectivity index (χ0v) is 16.8. The highest BCUT2D eigenvalue weighted by Gasteiger charge is 2.23. The number of hydrogen-bond donors (Lipinski definition) is 1. The number of carbonyl (C=O) groups is 1. The molecule has 3 heteroatoms. The van der Waals surface area contributed by atoms with E-state index in [0.29, 0.717) is 6.42 Å². The second kappa shape index (κ2) is 9.07. The molecule has 27 heavy (non-hydrogen) atoms. The Bertz CT molecular complexity index is 784. The summed E-state index contributed by atoms with van der Waals surface area (Å²) in [6.07, 6.45) is 5.80. The van der Waals surface area contributed by atoms with Gasteiger partial charge in [-0.3, -0.25) is 4.79 Å². The van der Waals surface area contributed by atoms with Crippen molar-refractivity contribution in [2.24, 2.45) is 0 Å². The highest BCUT2D eigenvalue weighted by molar-refractivity contribution is 5.81. The summed E-state index contributed by atoms with van der Waals surface area (Å²) in [5.41, 5.74) is 5.18. The van der Waals surface area contributed by atoms with Gasteiger partial charge < -0.3 is 10.1 Å². The summed E-state index contributed by atoms with van der Waals surface area (Å²) in [6.45, 7) is 6.19. The number of ether oxygens (including phenoxy) is 1. The standard InChI is InChI=1S/C24H31NO2/c1-4-22(21-13-9-6-10-17(21)3)25-24(26)23(5-2)27-20-15-14-18-11-7-8-12-19(18)16-20/h6,9-10,13-16,22-23H,4-5,7-8,11-12H2,1-3H3,(H,25,26)/t22-,23+/m0/s1. The molecule has 0 unspecified atom stereocenters. The predicted octanol–water partition coefficient (Wildman–Crippen LogP) is 5.30. The van der Waals surface area contributed by atoms with Crippen LogP contribution in [-0.2, 0) is 17.6 Å². The third-order valence-corrected chi connectivity index (χ3v) is 5.55. The van der Waals surface area contributed by atoms with Crippen molar-refractivity contribution < 1.29 is 9.53 Å². The second-order valence-electron chi connectivity index (χ2n) is 7.48. The maximum Gasteiger partial charge on any atom is 0.261 e. The minimum Gasteiger partial charge on any atom is -0.481 e. The van der Waals surface area contributed by atoms with E-state index in [1.807, 2.05) is 25.1 Å². The minimum absolute atomic E-state index is 0.0138. The Balaban J connectivity index is 1.69. The fourth-order valence-electron chi connectivity index (χ4n) is 3.91. The minimum atomic E-state index is -0.468. The van der Waals surface area contributed by atoms with Gasteiger partial charge >= 0.3 is 0 Å². The highest BCUT2D eigenvalue weighted by Crippen LogP contribution is 2.26. The fourth-order valence-corrected chi connectivity index (χ4v) is 3.91. The second-order valence-corrected chi connectivity index (χ2v) is 7.48.